The fourth-order valence-corrected chi connectivity index (χ4v) is 1.70. The van der Waals surface area contributed by atoms with Gasteiger partial charge >= 0.3 is 0 Å². The molecule has 0 saturated carbocycles. The van der Waals surface area contributed by atoms with Crippen LogP contribution < -0.4 is 0 Å². The maximum atomic E-state index is 8.89. The van der Waals surface area contributed by atoms with E-state index in [1.165, 1.54) is 5.56 Å². The Morgan fingerprint density at radius 2 is 1.86 bits per heavy atom. The Hall–Kier alpha value is -1.00. The Morgan fingerprint density at radius 1 is 1.21 bits per heavy atom. The lowest BCUT2D eigenvalue weighted by Crippen LogP contribution is -1.99. The largest absolute Gasteiger partial charge is 0.198 e. The van der Waals surface area contributed by atoms with Crippen LogP contribution in [0.4, 0.5) is 0 Å². The van der Waals surface area contributed by atoms with Gasteiger partial charge in [0.25, 0.3) is 0 Å². The van der Waals surface area contributed by atoms with Crippen molar-refractivity contribution in [2.45, 2.75) is 32.6 Å². The highest BCUT2D eigenvalue weighted by molar-refractivity contribution is 6.30. The van der Waals surface area contributed by atoms with E-state index in [2.05, 4.69) is 19.9 Å². The van der Waals surface area contributed by atoms with Crippen LogP contribution in [0.5, 0.6) is 0 Å². The van der Waals surface area contributed by atoms with E-state index in [-0.39, 0.29) is 5.92 Å². The first-order valence-corrected chi connectivity index (χ1v) is 5.13. The zero-order valence-corrected chi connectivity index (χ0v) is 9.47. The highest BCUT2D eigenvalue weighted by atomic mass is 35.5. The minimum atomic E-state index is -0.0916. The van der Waals surface area contributed by atoms with E-state index >= 15 is 0 Å². The molecule has 2 heteroatoms. The lowest BCUT2D eigenvalue weighted by atomic mass is 9.90. The van der Waals surface area contributed by atoms with Gasteiger partial charge in [-0.2, -0.15) is 5.26 Å². The normalized spacial score (nSPS) is 12.6. The third-order valence-electron chi connectivity index (χ3n) is 2.33. The summed E-state index contributed by atoms with van der Waals surface area (Å²) in [7, 11) is 0. The van der Waals surface area contributed by atoms with Gasteiger partial charge in [0.15, 0.2) is 0 Å². The maximum Gasteiger partial charge on any atom is 0.0701 e. The SMILES string of the molecule is CC(C)c1ccc(Cl)cc1C(C)C#N. The lowest BCUT2D eigenvalue weighted by Gasteiger charge is -2.14. The molecular weight excluding hydrogens is 194 g/mol. The topological polar surface area (TPSA) is 23.8 Å². The van der Waals surface area contributed by atoms with Crippen LogP contribution in [0.15, 0.2) is 18.2 Å². The van der Waals surface area contributed by atoms with Gasteiger partial charge in [0.2, 0.25) is 0 Å². The molecule has 1 atom stereocenters. The minimum Gasteiger partial charge on any atom is -0.198 e. The van der Waals surface area contributed by atoms with Crippen molar-refractivity contribution in [1.29, 1.82) is 5.26 Å². The first-order valence-electron chi connectivity index (χ1n) is 4.75. The quantitative estimate of drug-likeness (QED) is 0.717. The summed E-state index contributed by atoms with van der Waals surface area (Å²) < 4.78 is 0. The van der Waals surface area contributed by atoms with Gasteiger partial charge in [-0.05, 0) is 36.1 Å². The van der Waals surface area contributed by atoms with Gasteiger partial charge in [-0.25, -0.2) is 0 Å². The van der Waals surface area contributed by atoms with E-state index in [0.29, 0.717) is 10.9 Å². The van der Waals surface area contributed by atoms with Crippen molar-refractivity contribution in [3.05, 3.63) is 34.3 Å². The molecule has 0 heterocycles. The van der Waals surface area contributed by atoms with E-state index in [9.17, 15) is 0 Å². The monoisotopic (exact) mass is 207 g/mol. The summed E-state index contributed by atoms with van der Waals surface area (Å²) in [6.07, 6.45) is 0. The molecule has 0 saturated heterocycles. The summed E-state index contributed by atoms with van der Waals surface area (Å²) in [4.78, 5) is 0. The second kappa shape index (κ2) is 4.48. The Morgan fingerprint density at radius 3 is 2.36 bits per heavy atom. The summed E-state index contributed by atoms with van der Waals surface area (Å²) in [5.41, 5.74) is 2.26. The Kier molecular flexibility index (Phi) is 3.55. The molecule has 0 aromatic heterocycles. The van der Waals surface area contributed by atoms with Crippen LogP contribution in [-0.2, 0) is 0 Å². The van der Waals surface area contributed by atoms with Crippen LogP contribution in [0.3, 0.4) is 0 Å². The van der Waals surface area contributed by atoms with E-state index in [1.54, 1.807) is 0 Å². The lowest BCUT2D eigenvalue weighted by molar-refractivity contribution is 0.826. The third kappa shape index (κ3) is 2.27. The summed E-state index contributed by atoms with van der Waals surface area (Å²) >= 11 is 5.91. The first kappa shape index (κ1) is 11.1. The first-order chi connectivity index (χ1) is 6.56. The second-order valence-corrected chi connectivity index (χ2v) is 4.22. The Bertz CT molecular complexity index is 363. The molecule has 0 aliphatic carbocycles. The Balaban J connectivity index is 3.24. The highest BCUT2D eigenvalue weighted by Crippen LogP contribution is 2.28. The van der Waals surface area contributed by atoms with E-state index < -0.39 is 0 Å². The standard InChI is InChI=1S/C12H14ClN/c1-8(2)11-5-4-10(13)6-12(11)9(3)7-14/h4-6,8-9H,1-3H3. The van der Waals surface area contributed by atoms with Crippen molar-refractivity contribution >= 4 is 11.6 Å². The molecule has 1 nitrogen and oxygen atoms in total. The summed E-state index contributed by atoms with van der Waals surface area (Å²) in [5, 5.41) is 9.59. The number of nitriles is 1. The average Bonchev–Trinajstić information content (AvgIpc) is 2.16. The predicted octanol–water partition coefficient (Wildman–Crippen LogP) is 4.09. The van der Waals surface area contributed by atoms with Gasteiger partial charge in [0.05, 0.1) is 12.0 Å². The number of hydrogen-bond acceptors (Lipinski definition) is 1. The van der Waals surface area contributed by atoms with E-state index in [0.717, 1.165) is 5.56 Å². The predicted molar refractivity (Wildman–Crippen MR) is 59.6 cm³/mol. The van der Waals surface area contributed by atoms with Gasteiger partial charge in [0, 0.05) is 5.02 Å². The molecular formula is C12H14ClN. The van der Waals surface area contributed by atoms with Crippen molar-refractivity contribution in [2.75, 3.05) is 0 Å². The summed E-state index contributed by atoms with van der Waals surface area (Å²) in [5.74, 6) is 0.337. The Labute approximate surface area is 90.3 Å². The van der Waals surface area contributed by atoms with Crippen LogP contribution in [0.1, 0.15) is 43.7 Å². The van der Waals surface area contributed by atoms with Crippen molar-refractivity contribution in [3.8, 4) is 6.07 Å². The molecule has 0 amide bonds. The molecule has 0 radical (unpaired) electrons. The number of nitrogens with zero attached hydrogens (tertiary/aromatic N) is 1. The third-order valence-corrected chi connectivity index (χ3v) is 2.57. The molecule has 1 aromatic rings. The molecule has 1 aromatic carbocycles. The highest BCUT2D eigenvalue weighted by Gasteiger charge is 2.12. The second-order valence-electron chi connectivity index (χ2n) is 3.78. The van der Waals surface area contributed by atoms with Crippen molar-refractivity contribution in [3.63, 3.8) is 0 Å². The van der Waals surface area contributed by atoms with Crippen molar-refractivity contribution < 1.29 is 0 Å². The van der Waals surface area contributed by atoms with Crippen molar-refractivity contribution in [1.82, 2.24) is 0 Å². The van der Waals surface area contributed by atoms with Gasteiger partial charge in [-0.3, -0.25) is 0 Å². The van der Waals surface area contributed by atoms with Crippen LogP contribution in [0.2, 0.25) is 5.02 Å². The number of benzene rings is 1. The smallest absolute Gasteiger partial charge is 0.0701 e. The summed E-state index contributed by atoms with van der Waals surface area (Å²) in [6, 6.07) is 8.03. The van der Waals surface area contributed by atoms with Gasteiger partial charge in [0.1, 0.15) is 0 Å². The average molecular weight is 208 g/mol. The van der Waals surface area contributed by atoms with Gasteiger partial charge in [-0.1, -0.05) is 31.5 Å². The van der Waals surface area contributed by atoms with Gasteiger partial charge < -0.3 is 0 Å². The molecule has 14 heavy (non-hydrogen) atoms. The van der Waals surface area contributed by atoms with Crippen LogP contribution in [0, 0.1) is 11.3 Å². The van der Waals surface area contributed by atoms with E-state index in [1.807, 2.05) is 25.1 Å². The zero-order valence-electron chi connectivity index (χ0n) is 8.71. The maximum absolute atomic E-state index is 8.89. The molecule has 0 spiro atoms. The molecule has 1 rings (SSSR count). The molecule has 0 aliphatic heterocycles. The van der Waals surface area contributed by atoms with Crippen LogP contribution in [0.25, 0.3) is 0 Å². The molecule has 1 unspecified atom stereocenters. The van der Waals surface area contributed by atoms with E-state index in [4.69, 9.17) is 16.9 Å². The van der Waals surface area contributed by atoms with Crippen molar-refractivity contribution in [2.24, 2.45) is 0 Å². The van der Waals surface area contributed by atoms with Crippen LogP contribution in [-0.4, -0.2) is 0 Å². The minimum absolute atomic E-state index is 0.0916. The molecule has 0 aliphatic rings. The van der Waals surface area contributed by atoms with Gasteiger partial charge in [-0.15, -0.1) is 0 Å². The number of hydrogen-bond donors (Lipinski definition) is 0. The summed E-state index contributed by atoms with van der Waals surface area (Å²) in [6.45, 7) is 6.14. The fraction of sp³-hybridized carbons (Fsp3) is 0.417. The van der Waals surface area contributed by atoms with Crippen LogP contribution >= 0.6 is 11.6 Å². The molecule has 0 N–H and O–H groups in total. The molecule has 0 bridgehead atoms. The number of rotatable bonds is 2. The number of halogens is 1. The molecule has 74 valence electrons. The molecule has 0 fully saturated rings. The zero-order chi connectivity index (χ0) is 10.7. The fourth-order valence-electron chi connectivity index (χ4n) is 1.52.